The van der Waals surface area contributed by atoms with Crippen molar-refractivity contribution in [2.45, 2.75) is 20.4 Å². The predicted molar refractivity (Wildman–Crippen MR) is 81.8 cm³/mol. The summed E-state index contributed by atoms with van der Waals surface area (Å²) < 4.78 is 1.98. The van der Waals surface area contributed by atoms with Crippen LogP contribution in [-0.2, 0) is 6.54 Å². The van der Waals surface area contributed by atoms with Crippen LogP contribution in [0.3, 0.4) is 0 Å². The summed E-state index contributed by atoms with van der Waals surface area (Å²) >= 11 is 0. The molecule has 6 heteroatoms. The zero-order valence-corrected chi connectivity index (χ0v) is 12.3. The van der Waals surface area contributed by atoms with Gasteiger partial charge in [-0.25, -0.2) is 9.78 Å². The maximum atomic E-state index is 12.3. The van der Waals surface area contributed by atoms with E-state index in [4.69, 9.17) is 0 Å². The normalized spacial score (nSPS) is 12.8. The van der Waals surface area contributed by atoms with Crippen LogP contribution in [0.2, 0.25) is 0 Å². The second-order valence-electron chi connectivity index (χ2n) is 4.77. The standard InChI is InChI=1S/C14H16N4O.ClH/c1-10-4-3-5-11(2)12(10)16-14(19)18-9-8-17-7-6-15-13(17)18;/h3-7H,8-9H2,1-2H3,(H,16,19);1H. The van der Waals surface area contributed by atoms with Crippen LogP contribution in [0.15, 0.2) is 30.6 Å². The smallest absolute Gasteiger partial charge is 0.315 e. The molecule has 1 aliphatic rings. The first-order valence-electron chi connectivity index (χ1n) is 6.32. The topological polar surface area (TPSA) is 50.2 Å². The molecule has 0 radical (unpaired) electrons. The van der Waals surface area contributed by atoms with Crippen molar-refractivity contribution in [3.63, 3.8) is 0 Å². The average molecular weight is 293 g/mol. The molecule has 20 heavy (non-hydrogen) atoms. The molecule has 1 aromatic carbocycles. The summed E-state index contributed by atoms with van der Waals surface area (Å²) in [6.07, 6.45) is 3.61. The van der Waals surface area contributed by atoms with Gasteiger partial charge in [0, 0.05) is 31.2 Å². The van der Waals surface area contributed by atoms with Gasteiger partial charge in [-0.1, -0.05) is 18.2 Å². The Labute approximate surface area is 124 Å². The van der Waals surface area contributed by atoms with Crippen molar-refractivity contribution in [3.8, 4) is 0 Å². The number of halogens is 1. The van der Waals surface area contributed by atoms with Crippen molar-refractivity contribution in [1.82, 2.24) is 9.55 Å². The Morgan fingerprint density at radius 2 is 1.95 bits per heavy atom. The number of nitrogens with one attached hydrogen (secondary N) is 1. The molecule has 0 atom stereocenters. The fourth-order valence-electron chi connectivity index (χ4n) is 2.41. The first kappa shape index (κ1) is 14.4. The fourth-order valence-corrected chi connectivity index (χ4v) is 2.41. The monoisotopic (exact) mass is 292 g/mol. The number of hydrogen-bond acceptors (Lipinski definition) is 2. The molecule has 0 aliphatic carbocycles. The van der Waals surface area contributed by atoms with Crippen LogP contribution in [0.4, 0.5) is 16.4 Å². The molecule has 1 N–H and O–H groups in total. The van der Waals surface area contributed by atoms with Crippen molar-refractivity contribution in [2.24, 2.45) is 0 Å². The summed E-state index contributed by atoms with van der Waals surface area (Å²) in [6.45, 7) is 5.45. The highest BCUT2D eigenvalue weighted by molar-refractivity contribution is 6.02. The summed E-state index contributed by atoms with van der Waals surface area (Å²) in [6, 6.07) is 5.85. The lowest BCUT2D eigenvalue weighted by Crippen LogP contribution is -2.34. The minimum Gasteiger partial charge on any atom is -0.315 e. The fraction of sp³-hybridized carbons (Fsp3) is 0.286. The second-order valence-corrected chi connectivity index (χ2v) is 4.77. The number of rotatable bonds is 1. The first-order valence-corrected chi connectivity index (χ1v) is 6.32. The highest BCUT2D eigenvalue weighted by atomic mass is 35.5. The number of para-hydroxylation sites is 1. The molecular weight excluding hydrogens is 276 g/mol. The van der Waals surface area contributed by atoms with Crippen LogP contribution < -0.4 is 10.2 Å². The summed E-state index contributed by atoms with van der Waals surface area (Å²) in [4.78, 5) is 18.2. The number of imidazole rings is 1. The van der Waals surface area contributed by atoms with Crippen LogP contribution in [0.1, 0.15) is 11.1 Å². The van der Waals surface area contributed by atoms with Crippen LogP contribution in [0.5, 0.6) is 0 Å². The Kier molecular flexibility index (Phi) is 3.99. The Morgan fingerprint density at radius 1 is 1.25 bits per heavy atom. The van der Waals surface area contributed by atoms with Crippen LogP contribution in [-0.4, -0.2) is 22.1 Å². The van der Waals surface area contributed by atoms with E-state index in [0.29, 0.717) is 12.5 Å². The third kappa shape index (κ3) is 2.36. The maximum absolute atomic E-state index is 12.3. The molecule has 1 aromatic heterocycles. The zero-order chi connectivity index (χ0) is 13.4. The van der Waals surface area contributed by atoms with Crippen molar-refractivity contribution < 1.29 is 4.79 Å². The van der Waals surface area contributed by atoms with E-state index in [-0.39, 0.29) is 18.4 Å². The van der Waals surface area contributed by atoms with Crippen LogP contribution >= 0.6 is 12.4 Å². The van der Waals surface area contributed by atoms with Gasteiger partial charge in [0.1, 0.15) is 0 Å². The van der Waals surface area contributed by atoms with Gasteiger partial charge in [-0.15, -0.1) is 12.4 Å². The van der Waals surface area contributed by atoms with Crippen LogP contribution in [0.25, 0.3) is 0 Å². The van der Waals surface area contributed by atoms with Crippen LogP contribution in [0, 0.1) is 13.8 Å². The Bertz CT molecular complexity index is 618. The number of fused-ring (bicyclic) bond motifs is 1. The molecular formula is C14H17ClN4O. The van der Waals surface area contributed by atoms with E-state index < -0.39 is 0 Å². The molecule has 1 aliphatic heterocycles. The quantitative estimate of drug-likeness (QED) is 0.878. The van der Waals surface area contributed by atoms with Crippen molar-refractivity contribution in [2.75, 3.05) is 16.8 Å². The van der Waals surface area contributed by atoms with Gasteiger partial charge in [0.25, 0.3) is 0 Å². The van der Waals surface area contributed by atoms with Gasteiger partial charge >= 0.3 is 6.03 Å². The van der Waals surface area contributed by atoms with E-state index in [2.05, 4.69) is 10.3 Å². The van der Waals surface area contributed by atoms with Crippen molar-refractivity contribution in [3.05, 3.63) is 41.7 Å². The van der Waals surface area contributed by atoms with E-state index in [1.54, 1.807) is 11.1 Å². The highest BCUT2D eigenvalue weighted by Gasteiger charge is 2.26. The number of nitrogens with zero attached hydrogens (tertiary/aromatic N) is 3. The molecule has 2 amide bonds. The van der Waals surface area contributed by atoms with Gasteiger partial charge in [-0.3, -0.25) is 4.90 Å². The molecule has 3 rings (SSSR count). The lowest BCUT2D eigenvalue weighted by Gasteiger charge is -2.17. The summed E-state index contributed by atoms with van der Waals surface area (Å²) in [5, 5.41) is 2.98. The number of carbonyl (C=O) groups excluding carboxylic acids is 1. The van der Waals surface area contributed by atoms with E-state index in [9.17, 15) is 4.79 Å². The lowest BCUT2D eigenvalue weighted by atomic mass is 10.1. The third-order valence-corrected chi connectivity index (χ3v) is 3.46. The van der Waals surface area contributed by atoms with E-state index in [1.807, 2.05) is 42.8 Å². The average Bonchev–Trinajstić information content (AvgIpc) is 2.95. The van der Waals surface area contributed by atoms with E-state index in [0.717, 1.165) is 23.4 Å². The molecule has 0 bridgehead atoms. The SMILES string of the molecule is Cc1cccc(C)c1NC(=O)N1CCn2ccnc21.Cl. The number of urea groups is 1. The van der Waals surface area contributed by atoms with Gasteiger partial charge < -0.3 is 9.88 Å². The van der Waals surface area contributed by atoms with Gasteiger partial charge in [0.15, 0.2) is 0 Å². The summed E-state index contributed by atoms with van der Waals surface area (Å²) in [7, 11) is 0. The van der Waals surface area contributed by atoms with Gasteiger partial charge in [0.2, 0.25) is 5.95 Å². The van der Waals surface area contributed by atoms with Gasteiger partial charge in [0.05, 0.1) is 0 Å². The van der Waals surface area contributed by atoms with E-state index in [1.165, 1.54) is 0 Å². The molecule has 0 spiro atoms. The van der Waals surface area contributed by atoms with Gasteiger partial charge in [-0.2, -0.15) is 0 Å². The molecule has 5 nitrogen and oxygen atoms in total. The molecule has 2 heterocycles. The number of benzene rings is 1. The summed E-state index contributed by atoms with van der Waals surface area (Å²) in [5.41, 5.74) is 3.02. The molecule has 0 saturated carbocycles. The number of hydrogen-bond donors (Lipinski definition) is 1. The van der Waals surface area contributed by atoms with E-state index >= 15 is 0 Å². The lowest BCUT2D eigenvalue weighted by molar-refractivity contribution is 0.257. The number of aromatic nitrogens is 2. The molecule has 0 fully saturated rings. The minimum atomic E-state index is -0.123. The minimum absolute atomic E-state index is 0. The largest absolute Gasteiger partial charge is 0.328 e. The highest BCUT2D eigenvalue weighted by Crippen LogP contribution is 2.23. The van der Waals surface area contributed by atoms with Crippen molar-refractivity contribution in [1.29, 1.82) is 0 Å². The number of carbonyl (C=O) groups is 1. The number of aryl methyl sites for hydroxylation is 2. The first-order chi connectivity index (χ1) is 9.16. The Hall–Kier alpha value is -2.01. The molecule has 0 saturated heterocycles. The Balaban J connectivity index is 0.00000147. The summed E-state index contributed by atoms with van der Waals surface area (Å²) in [5.74, 6) is 0.712. The molecule has 106 valence electrons. The molecule has 0 unspecified atom stereocenters. The number of anilines is 2. The molecule has 2 aromatic rings. The number of amides is 2. The predicted octanol–water partition coefficient (Wildman–Crippen LogP) is 2.97. The second kappa shape index (κ2) is 5.54. The third-order valence-electron chi connectivity index (χ3n) is 3.46. The van der Waals surface area contributed by atoms with Gasteiger partial charge in [-0.05, 0) is 25.0 Å². The zero-order valence-electron chi connectivity index (χ0n) is 11.5. The maximum Gasteiger partial charge on any atom is 0.328 e. The van der Waals surface area contributed by atoms with Crippen molar-refractivity contribution >= 4 is 30.1 Å². The Morgan fingerprint density at radius 3 is 2.65 bits per heavy atom.